The first-order valence-corrected chi connectivity index (χ1v) is 18.1. The third kappa shape index (κ3) is 10.9. The number of benzene rings is 7. The molecule has 0 spiro atoms. The maximum absolute atomic E-state index is 13.3. The Morgan fingerprint density at radius 2 is 0.583 bits per heavy atom. The van der Waals surface area contributed by atoms with Gasteiger partial charge < -0.3 is 41.9 Å². The van der Waals surface area contributed by atoms with E-state index in [0.29, 0.717) is 28.6 Å². The minimum absolute atomic E-state index is 0.0114. The van der Waals surface area contributed by atoms with E-state index in [1.165, 1.54) is 36.4 Å². The van der Waals surface area contributed by atoms with Gasteiger partial charge >= 0.3 is 12.4 Å². The summed E-state index contributed by atoms with van der Waals surface area (Å²) in [6.07, 6.45) is -9.14. The van der Waals surface area contributed by atoms with E-state index >= 15 is 0 Å². The first-order chi connectivity index (χ1) is 28.4. The highest BCUT2D eigenvalue weighted by Gasteiger charge is 2.35. The first-order valence-electron chi connectivity index (χ1n) is 18.1. The summed E-state index contributed by atoms with van der Waals surface area (Å²) in [6, 6.07) is 38.1. The van der Waals surface area contributed by atoms with Gasteiger partial charge in [0.2, 0.25) is 0 Å². The number of alkyl halides is 6. The van der Waals surface area contributed by atoms with Gasteiger partial charge in [0, 0.05) is 22.7 Å². The van der Waals surface area contributed by atoms with E-state index in [4.69, 9.17) is 41.9 Å². The number of hydrogen-bond donors (Lipinski definition) is 4. The van der Waals surface area contributed by atoms with Gasteiger partial charge in [0.05, 0.1) is 0 Å². The molecule has 0 aliphatic carbocycles. The standard InChI is InChI=1S/C26H21F3N2O2.C20H17F3N2O2/c1-16-14-19(30)6-12-24(16)32-21-8-2-17(3-9-21)18-4-10-22(11-5-18)33-25-13-7-20(31)15-23(25)26(27,28)29;1-12-10-13(24)2-8-18(12)26-15-4-6-16(7-5-15)27-19-9-3-14(25)11-17(19)20(21,22)23/h2-15H,30-31H2,1H3;2-11H,24-25H2,1H3. The van der Waals surface area contributed by atoms with Crippen LogP contribution in [0.4, 0.5) is 49.1 Å². The second-order valence-electron chi connectivity index (χ2n) is 13.5. The van der Waals surface area contributed by atoms with Crippen LogP contribution in [0.1, 0.15) is 22.3 Å². The topological polar surface area (TPSA) is 141 Å². The van der Waals surface area contributed by atoms with Crippen molar-refractivity contribution in [2.45, 2.75) is 26.2 Å². The van der Waals surface area contributed by atoms with Gasteiger partial charge in [-0.15, -0.1) is 0 Å². The number of nitrogen functional groups attached to an aromatic ring is 4. The highest BCUT2D eigenvalue weighted by molar-refractivity contribution is 5.65. The Bertz CT molecular complexity index is 2580. The van der Waals surface area contributed by atoms with Crippen molar-refractivity contribution in [3.05, 3.63) is 168 Å². The van der Waals surface area contributed by atoms with E-state index in [2.05, 4.69) is 0 Å². The minimum Gasteiger partial charge on any atom is -0.457 e. The fraction of sp³-hybridized carbons (Fsp3) is 0.0870. The van der Waals surface area contributed by atoms with E-state index in [1.54, 1.807) is 60.7 Å². The van der Waals surface area contributed by atoms with Crippen molar-refractivity contribution in [3.63, 3.8) is 0 Å². The number of anilines is 4. The molecule has 0 aromatic heterocycles. The van der Waals surface area contributed by atoms with Crippen LogP contribution >= 0.6 is 0 Å². The summed E-state index contributed by atoms with van der Waals surface area (Å²) in [4.78, 5) is 0. The summed E-state index contributed by atoms with van der Waals surface area (Å²) in [6.45, 7) is 3.79. The first kappa shape index (κ1) is 42.1. The van der Waals surface area contributed by atoms with E-state index in [1.807, 2.05) is 50.2 Å². The van der Waals surface area contributed by atoms with Crippen LogP contribution in [0.15, 0.2) is 146 Å². The Hall–Kier alpha value is -7.48. The lowest BCUT2D eigenvalue weighted by Gasteiger charge is -2.15. The molecule has 0 heterocycles. The maximum atomic E-state index is 13.3. The van der Waals surface area contributed by atoms with Crippen molar-refractivity contribution in [2.24, 2.45) is 0 Å². The second kappa shape index (κ2) is 17.6. The zero-order valence-electron chi connectivity index (χ0n) is 32.1. The molecule has 60 heavy (non-hydrogen) atoms. The average molecular weight is 825 g/mol. The average Bonchev–Trinajstić information content (AvgIpc) is 3.19. The van der Waals surface area contributed by atoms with Crippen molar-refractivity contribution in [2.75, 3.05) is 22.9 Å². The van der Waals surface area contributed by atoms with E-state index in [9.17, 15) is 26.3 Å². The maximum Gasteiger partial charge on any atom is 0.420 e. The summed E-state index contributed by atoms with van der Waals surface area (Å²) in [7, 11) is 0. The van der Waals surface area contributed by atoms with Gasteiger partial charge in [0.1, 0.15) is 57.1 Å². The predicted molar refractivity (Wildman–Crippen MR) is 222 cm³/mol. The van der Waals surface area contributed by atoms with Crippen molar-refractivity contribution < 1.29 is 45.3 Å². The quantitative estimate of drug-likeness (QED) is 0.0833. The molecule has 8 nitrogen and oxygen atoms in total. The second-order valence-corrected chi connectivity index (χ2v) is 13.5. The van der Waals surface area contributed by atoms with Gasteiger partial charge in [-0.25, -0.2) is 0 Å². The number of aryl methyl sites for hydroxylation is 2. The molecule has 0 aliphatic rings. The van der Waals surface area contributed by atoms with Crippen LogP contribution in [0.2, 0.25) is 0 Å². The third-order valence-corrected chi connectivity index (χ3v) is 8.79. The summed E-state index contributed by atoms with van der Waals surface area (Å²) >= 11 is 0. The Morgan fingerprint density at radius 1 is 0.333 bits per heavy atom. The van der Waals surface area contributed by atoms with Gasteiger partial charge in [0.15, 0.2) is 0 Å². The minimum atomic E-state index is -4.57. The Balaban J connectivity index is 0.000000205. The van der Waals surface area contributed by atoms with Crippen molar-refractivity contribution >= 4 is 22.7 Å². The van der Waals surface area contributed by atoms with Crippen LogP contribution in [-0.4, -0.2) is 0 Å². The molecule has 0 unspecified atom stereocenters. The Labute approximate surface area is 341 Å². The van der Waals surface area contributed by atoms with E-state index in [-0.39, 0.29) is 34.4 Å². The molecule has 0 bridgehead atoms. The molecule has 7 aromatic carbocycles. The van der Waals surface area contributed by atoms with Gasteiger partial charge in [-0.3, -0.25) is 0 Å². The number of ether oxygens (including phenoxy) is 4. The van der Waals surface area contributed by atoms with Crippen molar-refractivity contribution in [1.82, 2.24) is 0 Å². The molecule has 0 fully saturated rings. The van der Waals surface area contributed by atoms with Gasteiger partial charge in [-0.1, -0.05) is 24.3 Å². The van der Waals surface area contributed by atoms with Crippen LogP contribution in [0.5, 0.6) is 46.0 Å². The predicted octanol–water partition coefficient (Wildman–Crippen LogP) is 13.2. The highest BCUT2D eigenvalue weighted by Crippen LogP contribution is 2.41. The molecule has 8 N–H and O–H groups in total. The molecule has 0 atom stereocenters. The number of halogens is 6. The summed E-state index contributed by atoms with van der Waals surface area (Å²) in [5.74, 6) is 2.45. The van der Waals surface area contributed by atoms with Crippen molar-refractivity contribution in [1.29, 1.82) is 0 Å². The van der Waals surface area contributed by atoms with E-state index < -0.39 is 23.5 Å². The van der Waals surface area contributed by atoms with Crippen LogP contribution in [0, 0.1) is 13.8 Å². The highest BCUT2D eigenvalue weighted by atomic mass is 19.4. The molecule has 0 saturated heterocycles. The number of nitrogens with two attached hydrogens (primary N) is 4. The SMILES string of the molecule is Cc1cc(N)ccc1Oc1ccc(-c2ccc(Oc3ccc(N)cc3C(F)(F)F)cc2)cc1.Cc1cc(N)ccc1Oc1ccc(Oc2ccc(N)cc2C(F)(F)F)cc1. The van der Waals surface area contributed by atoms with Crippen LogP contribution < -0.4 is 41.9 Å². The molecule has 0 saturated carbocycles. The van der Waals surface area contributed by atoms with Crippen LogP contribution in [-0.2, 0) is 12.4 Å². The zero-order valence-corrected chi connectivity index (χ0v) is 32.1. The lowest BCUT2D eigenvalue weighted by Crippen LogP contribution is -2.08. The zero-order chi connectivity index (χ0) is 43.2. The smallest absolute Gasteiger partial charge is 0.420 e. The number of hydrogen-bond acceptors (Lipinski definition) is 8. The molecule has 14 heteroatoms. The lowest BCUT2D eigenvalue weighted by molar-refractivity contribution is -0.139. The number of rotatable bonds is 9. The largest absolute Gasteiger partial charge is 0.457 e. The Kier molecular flexibility index (Phi) is 12.3. The molecule has 0 amide bonds. The van der Waals surface area contributed by atoms with Gasteiger partial charge in [-0.2, -0.15) is 26.3 Å². The molecular formula is C46H38F6N4O4. The fourth-order valence-corrected chi connectivity index (χ4v) is 5.80. The van der Waals surface area contributed by atoms with Gasteiger partial charge in [-0.05, 0) is 157 Å². The molecular weight excluding hydrogens is 787 g/mol. The molecule has 7 aromatic rings. The molecule has 7 rings (SSSR count). The summed E-state index contributed by atoms with van der Waals surface area (Å²) in [5, 5.41) is 0. The molecule has 0 radical (unpaired) electrons. The molecule has 0 aliphatic heterocycles. The van der Waals surface area contributed by atoms with Crippen LogP contribution in [0.25, 0.3) is 11.1 Å². The normalized spacial score (nSPS) is 11.3. The van der Waals surface area contributed by atoms with Crippen molar-refractivity contribution in [3.8, 4) is 57.1 Å². The fourth-order valence-electron chi connectivity index (χ4n) is 5.80. The monoisotopic (exact) mass is 824 g/mol. The third-order valence-electron chi connectivity index (χ3n) is 8.79. The summed E-state index contributed by atoms with van der Waals surface area (Å²) in [5.41, 5.74) is 25.5. The van der Waals surface area contributed by atoms with E-state index in [0.717, 1.165) is 40.1 Å². The summed E-state index contributed by atoms with van der Waals surface area (Å²) < 4.78 is 102. The van der Waals surface area contributed by atoms with Crippen LogP contribution in [0.3, 0.4) is 0 Å². The Morgan fingerprint density at radius 3 is 0.867 bits per heavy atom. The molecule has 308 valence electrons. The lowest BCUT2D eigenvalue weighted by atomic mass is 10.1. The van der Waals surface area contributed by atoms with Gasteiger partial charge in [0.25, 0.3) is 0 Å².